The van der Waals surface area contributed by atoms with Gasteiger partial charge in [0.25, 0.3) is 0 Å². The number of esters is 1. The lowest BCUT2D eigenvalue weighted by Gasteiger charge is -2.36. The SMILES string of the molecule is COC(=O)COc1ccc(N2CCC(NCC3CCN(C(=O)OC(C)(C)C)CC3)CC2)cc1. The Morgan fingerprint density at radius 3 is 2.21 bits per heavy atom. The van der Waals surface area contributed by atoms with Crippen LogP contribution in [0.25, 0.3) is 0 Å². The Balaban J connectivity index is 1.33. The molecule has 0 aromatic heterocycles. The Morgan fingerprint density at radius 2 is 1.64 bits per heavy atom. The van der Waals surface area contributed by atoms with E-state index < -0.39 is 5.60 Å². The van der Waals surface area contributed by atoms with E-state index in [1.165, 1.54) is 12.8 Å². The number of carbonyl (C=O) groups is 2. The molecule has 2 aliphatic heterocycles. The van der Waals surface area contributed by atoms with Crippen LogP contribution in [0.4, 0.5) is 10.5 Å². The second-order valence-electron chi connectivity index (χ2n) is 9.94. The first-order chi connectivity index (χ1) is 15.7. The van der Waals surface area contributed by atoms with E-state index in [4.69, 9.17) is 9.47 Å². The molecule has 0 bridgehead atoms. The molecule has 2 heterocycles. The molecule has 0 aliphatic carbocycles. The van der Waals surface area contributed by atoms with Gasteiger partial charge in [0.15, 0.2) is 6.61 Å². The highest BCUT2D eigenvalue weighted by Crippen LogP contribution is 2.24. The van der Waals surface area contributed by atoms with E-state index in [0.29, 0.717) is 17.7 Å². The Morgan fingerprint density at radius 1 is 1.00 bits per heavy atom. The molecule has 0 saturated carbocycles. The molecule has 0 unspecified atom stereocenters. The van der Waals surface area contributed by atoms with Gasteiger partial charge in [0.1, 0.15) is 11.4 Å². The van der Waals surface area contributed by atoms with Gasteiger partial charge < -0.3 is 29.3 Å². The van der Waals surface area contributed by atoms with Crippen molar-refractivity contribution in [1.82, 2.24) is 10.2 Å². The topological polar surface area (TPSA) is 80.3 Å². The van der Waals surface area contributed by atoms with Gasteiger partial charge in [0.05, 0.1) is 7.11 Å². The van der Waals surface area contributed by atoms with Gasteiger partial charge in [-0.05, 0) is 83.2 Å². The summed E-state index contributed by atoms with van der Waals surface area (Å²) in [7, 11) is 1.35. The molecule has 0 spiro atoms. The molecule has 3 rings (SSSR count). The van der Waals surface area contributed by atoms with Crippen molar-refractivity contribution in [2.45, 2.75) is 58.1 Å². The lowest BCUT2D eigenvalue weighted by molar-refractivity contribution is -0.142. The molecule has 0 atom stereocenters. The van der Waals surface area contributed by atoms with E-state index >= 15 is 0 Å². The maximum absolute atomic E-state index is 12.2. The summed E-state index contributed by atoms with van der Waals surface area (Å²) in [5.74, 6) is 0.889. The number of benzene rings is 1. The summed E-state index contributed by atoms with van der Waals surface area (Å²) >= 11 is 0. The summed E-state index contributed by atoms with van der Waals surface area (Å²) in [6.07, 6.45) is 4.07. The lowest BCUT2D eigenvalue weighted by Crippen LogP contribution is -2.46. The first-order valence-electron chi connectivity index (χ1n) is 12.0. The molecule has 1 aromatic carbocycles. The van der Waals surface area contributed by atoms with Crippen molar-refractivity contribution in [3.8, 4) is 5.75 Å². The van der Waals surface area contributed by atoms with E-state index in [-0.39, 0.29) is 18.7 Å². The Hall–Kier alpha value is -2.48. The number of piperidine rings is 2. The van der Waals surface area contributed by atoms with Crippen LogP contribution >= 0.6 is 0 Å². The Kier molecular flexibility index (Phi) is 8.83. The second kappa shape index (κ2) is 11.6. The summed E-state index contributed by atoms with van der Waals surface area (Å²) < 4.78 is 15.5. The summed E-state index contributed by atoms with van der Waals surface area (Å²) in [5.41, 5.74) is 0.735. The number of likely N-dealkylation sites (tertiary alicyclic amines) is 1. The number of methoxy groups -OCH3 is 1. The van der Waals surface area contributed by atoms with Crippen molar-refractivity contribution in [3.63, 3.8) is 0 Å². The van der Waals surface area contributed by atoms with E-state index in [0.717, 1.165) is 58.4 Å². The Bertz CT molecular complexity index is 761. The quantitative estimate of drug-likeness (QED) is 0.623. The number of hydrogen-bond donors (Lipinski definition) is 1. The van der Waals surface area contributed by atoms with Crippen molar-refractivity contribution in [3.05, 3.63) is 24.3 Å². The summed E-state index contributed by atoms with van der Waals surface area (Å²) in [6, 6.07) is 8.41. The molecule has 2 aliphatic rings. The lowest BCUT2D eigenvalue weighted by atomic mass is 9.95. The third-order valence-corrected chi connectivity index (χ3v) is 6.24. The third kappa shape index (κ3) is 8.11. The zero-order chi connectivity index (χ0) is 23.8. The molecule has 33 heavy (non-hydrogen) atoms. The molecule has 2 fully saturated rings. The summed E-state index contributed by atoms with van der Waals surface area (Å²) in [6.45, 7) is 10.2. The van der Waals surface area contributed by atoms with Gasteiger partial charge >= 0.3 is 12.1 Å². The number of nitrogens with zero attached hydrogens (tertiary/aromatic N) is 2. The largest absolute Gasteiger partial charge is 0.482 e. The minimum absolute atomic E-state index is 0.0764. The number of carbonyl (C=O) groups excluding carboxylic acids is 2. The maximum Gasteiger partial charge on any atom is 0.410 e. The molecule has 184 valence electrons. The number of nitrogens with one attached hydrogen (secondary N) is 1. The highest BCUT2D eigenvalue weighted by atomic mass is 16.6. The molecule has 2 saturated heterocycles. The summed E-state index contributed by atoms with van der Waals surface area (Å²) in [5, 5.41) is 3.76. The van der Waals surface area contributed by atoms with Crippen molar-refractivity contribution >= 4 is 17.7 Å². The predicted molar refractivity (Wildman–Crippen MR) is 128 cm³/mol. The van der Waals surface area contributed by atoms with Crippen molar-refractivity contribution in [1.29, 1.82) is 0 Å². The van der Waals surface area contributed by atoms with Crippen LogP contribution in [0.2, 0.25) is 0 Å². The van der Waals surface area contributed by atoms with Gasteiger partial charge in [0.2, 0.25) is 0 Å². The van der Waals surface area contributed by atoms with E-state index in [9.17, 15) is 9.59 Å². The van der Waals surface area contributed by atoms with Crippen LogP contribution < -0.4 is 15.0 Å². The number of amides is 1. The number of ether oxygens (including phenoxy) is 3. The van der Waals surface area contributed by atoms with Gasteiger partial charge in [-0.2, -0.15) is 0 Å². The van der Waals surface area contributed by atoms with E-state index in [1.54, 1.807) is 0 Å². The van der Waals surface area contributed by atoms with Crippen LogP contribution in [-0.2, 0) is 14.3 Å². The Labute approximate surface area is 197 Å². The zero-order valence-corrected chi connectivity index (χ0v) is 20.5. The standard InChI is InChI=1S/C25H39N3O5/c1-25(2,3)33-24(30)28-13-9-19(10-14-28)17-26-20-11-15-27(16-12-20)21-5-7-22(8-6-21)32-18-23(29)31-4/h5-8,19-20,26H,9-18H2,1-4H3. The molecule has 1 N–H and O–H groups in total. The van der Waals surface area contributed by atoms with Crippen molar-refractivity contribution < 1.29 is 23.8 Å². The van der Waals surface area contributed by atoms with Crippen LogP contribution in [0.1, 0.15) is 46.5 Å². The fourth-order valence-corrected chi connectivity index (χ4v) is 4.28. The van der Waals surface area contributed by atoms with Crippen LogP contribution in [0.15, 0.2) is 24.3 Å². The molecule has 1 aromatic rings. The fourth-order valence-electron chi connectivity index (χ4n) is 4.28. The van der Waals surface area contributed by atoms with Crippen LogP contribution in [0.5, 0.6) is 5.75 Å². The first kappa shape index (κ1) is 25.1. The zero-order valence-electron chi connectivity index (χ0n) is 20.5. The second-order valence-corrected chi connectivity index (χ2v) is 9.94. The normalized spacial score (nSPS) is 18.2. The molecular weight excluding hydrogens is 422 g/mol. The molecule has 0 radical (unpaired) electrons. The van der Waals surface area contributed by atoms with Crippen molar-refractivity contribution in [2.75, 3.05) is 51.3 Å². The van der Waals surface area contributed by atoms with Gasteiger partial charge in [-0.1, -0.05) is 0 Å². The number of hydrogen-bond acceptors (Lipinski definition) is 7. The molecule has 8 nitrogen and oxygen atoms in total. The minimum Gasteiger partial charge on any atom is -0.482 e. The summed E-state index contributed by atoms with van der Waals surface area (Å²) in [4.78, 5) is 27.6. The van der Waals surface area contributed by atoms with Crippen LogP contribution in [-0.4, -0.2) is 75.0 Å². The van der Waals surface area contributed by atoms with E-state index in [2.05, 4.69) is 15.0 Å². The minimum atomic E-state index is -0.440. The van der Waals surface area contributed by atoms with Gasteiger partial charge in [-0.15, -0.1) is 0 Å². The smallest absolute Gasteiger partial charge is 0.410 e. The van der Waals surface area contributed by atoms with Gasteiger partial charge in [-0.25, -0.2) is 9.59 Å². The van der Waals surface area contributed by atoms with Crippen LogP contribution in [0.3, 0.4) is 0 Å². The number of anilines is 1. The van der Waals surface area contributed by atoms with Crippen LogP contribution in [0, 0.1) is 5.92 Å². The highest BCUT2D eigenvalue weighted by Gasteiger charge is 2.27. The number of rotatable bonds is 7. The monoisotopic (exact) mass is 461 g/mol. The predicted octanol–water partition coefficient (Wildman–Crippen LogP) is 3.44. The average molecular weight is 462 g/mol. The first-order valence-corrected chi connectivity index (χ1v) is 12.0. The van der Waals surface area contributed by atoms with Gasteiger partial charge in [-0.3, -0.25) is 0 Å². The molecular formula is C25H39N3O5. The van der Waals surface area contributed by atoms with Crippen molar-refractivity contribution in [2.24, 2.45) is 5.92 Å². The highest BCUT2D eigenvalue weighted by molar-refractivity contribution is 5.71. The van der Waals surface area contributed by atoms with E-state index in [1.807, 2.05) is 49.9 Å². The average Bonchev–Trinajstić information content (AvgIpc) is 2.81. The molecule has 1 amide bonds. The third-order valence-electron chi connectivity index (χ3n) is 6.24. The van der Waals surface area contributed by atoms with Gasteiger partial charge in [0, 0.05) is 37.9 Å². The fraction of sp³-hybridized carbons (Fsp3) is 0.680. The molecule has 8 heteroatoms. The maximum atomic E-state index is 12.2.